The van der Waals surface area contributed by atoms with E-state index in [-0.39, 0.29) is 17.9 Å². The van der Waals surface area contributed by atoms with Crippen LogP contribution in [0.3, 0.4) is 0 Å². The summed E-state index contributed by atoms with van der Waals surface area (Å²) in [4.78, 5) is 24.7. The first kappa shape index (κ1) is 16.0. The van der Waals surface area contributed by atoms with Crippen LogP contribution < -0.4 is 10.6 Å². The number of anilines is 1. The molecule has 0 aromatic heterocycles. The number of carbonyl (C=O) groups excluding carboxylic acids is 2. The van der Waals surface area contributed by atoms with Crippen LogP contribution >= 0.6 is 0 Å². The minimum absolute atomic E-state index is 0.182. The molecule has 5 heteroatoms. The number of nitrogens with zero attached hydrogens (tertiary/aromatic N) is 1. The highest BCUT2D eigenvalue weighted by Crippen LogP contribution is 2.23. The highest BCUT2D eigenvalue weighted by Gasteiger charge is 2.37. The van der Waals surface area contributed by atoms with Crippen molar-refractivity contribution in [3.8, 4) is 6.07 Å². The van der Waals surface area contributed by atoms with Crippen LogP contribution in [0, 0.1) is 16.7 Å². The number of carbonyl (C=O) groups is 2. The van der Waals surface area contributed by atoms with Gasteiger partial charge in [0.1, 0.15) is 5.41 Å². The van der Waals surface area contributed by atoms with E-state index in [2.05, 4.69) is 10.6 Å². The average molecular weight is 299 g/mol. The van der Waals surface area contributed by atoms with Crippen LogP contribution in [0.15, 0.2) is 24.3 Å². The molecule has 22 heavy (non-hydrogen) atoms. The van der Waals surface area contributed by atoms with Crippen molar-refractivity contribution in [2.75, 3.05) is 5.32 Å². The molecule has 0 saturated heterocycles. The molecule has 1 fully saturated rings. The molecule has 0 spiro atoms. The normalized spacial score (nSPS) is 15.1. The van der Waals surface area contributed by atoms with E-state index in [1.807, 2.05) is 6.07 Å². The van der Waals surface area contributed by atoms with Gasteiger partial charge in [-0.3, -0.25) is 9.59 Å². The van der Waals surface area contributed by atoms with Gasteiger partial charge in [0, 0.05) is 11.7 Å². The molecule has 2 rings (SSSR count). The molecule has 5 nitrogen and oxygen atoms in total. The van der Waals surface area contributed by atoms with Crippen molar-refractivity contribution in [1.29, 1.82) is 5.26 Å². The number of benzene rings is 1. The zero-order valence-electron chi connectivity index (χ0n) is 13.0. The Balaban J connectivity index is 2.02. The SMILES string of the molecule is CC(C)(C(=O)Nc1cccc(C#N)c1)C(=O)NC1CCCC1. The van der Waals surface area contributed by atoms with Crippen molar-refractivity contribution in [3.05, 3.63) is 29.8 Å². The van der Waals surface area contributed by atoms with Crippen molar-refractivity contribution in [2.45, 2.75) is 45.6 Å². The topological polar surface area (TPSA) is 82.0 Å². The molecule has 0 radical (unpaired) electrons. The van der Waals surface area contributed by atoms with Crippen molar-refractivity contribution < 1.29 is 9.59 Å². The highest BCUT2D eigenvalue weighted by molar-refractivity contribution is 6.09. The van der Waals surface area contributed by atoms with E-state index < -0.39 is 5.41 Å². The van der Waals surface area contributed by atoms with Crippen LogP contribution in [0.1, 0.15) is 45.1 Å². The van der Waals surface area contributed by atoms with Gasteiger partial charge in [0.25, 0.3) is 0 Å². The van der Waals surface area contributed by atoms with Crippen molar-refractivity contribution in [3.63, 3.8) is 0 Å². The highest BCUT2D eigenvalue weighted by atomic mass is 16.2. The lowest BCUT2D eigenvalue weighted by Crippen LogP contribution is -2.47. The van der Waals surface area contributed by atoms with Gasteiger partial charge < -0.3 is 10.6 Å². The first-order valence-electron chi connectivity index (χ1n) is 7.56. The molecule has 1 saturated carbocycles. The third-order valence-electron chi connectivity index (χ3n) is 4.08. The smallest absolute Gasteiger partial charge is 0.239 e. The quantitative estimate of drug-likeness (QED) is 0.838. The van der Waals surface area contributed by atoms with E-state index in [0.29, 0.717) is 11.3 Å². The maximum atomic E-state index is 12.4. The van der Waals surface area contributed by atoms with Gasteiger partial charge in [-0.1, -0.05) is 18.9 Å². The van der Waals surface area contributed by atoms with Gasteiger partial charge in [-0.15, -0.1) is 0 Å². The Morgan fingerprint density at radius 2 is 1.91 bits per heavy atom. The summed E-state index contributed by atoms with van der Waals surface area (Å²) in [6, 6.07) is 8.84. The monoisotopic (exact) mass is 299 g/mol. The second-order valence-corrected chi connectivity index (χ2v) is 6.23. The molecule has 0 unspecified atom stereocenters. The molecule has 1 aliphatic carbocycles. The average Bonchev–Trinajstić information content (AvgIpc) is 3.00. The molecule has 1 aromatic rings. The van der Waals surface area contributed by atoms with Crippen LogP contribution in [0.25, 0.3) is 0 Å². The van der Waals surface area contributed by atoms with Crippen LogP contribution in [0.4, 0.5) is 5.69 Å². The molecule has 2 amide bonds. The molecule has 2 N–H and O–H groups in total. The Bertz CT molecular complexity index is 611. The number of nitriles is 1. The lowest BCUT2D eigenvalue weighted by atomic mass is 9.90. The van der Waals surface area contributed by atoms with E-state index in [0.717, 1.165) is 25.7 Å². The first-order chi connectivity index (χ1) is 10.4. The van der Waals surface area contributed by atoms with E-state index in [9.17, 15) is 9.59 Å². The Kier molecular flexibility index (Phi) is 4.81. The maximum Gasteiger partial charge on any atom is 0.239 e. The molecule has 0 aliphatic heterocycles. The molecule has 0 atom stereocenters. The molecule has 0 bridgehead atoms. The number of rotatable bonds is 4. The summed E-state index contributed by atoms with van der Waals surface area (Å²) < 4.78 is 0. The van der Waals surface area contributed by atoms with Gasteiger partial charge in [-0.2, -0.15) is 5.26 Å². The largest absolute Gasteiger partial charge is 0.352 e. The van der Waals surface area contributed by atoms with E-state index in [1.54, 1.807) is 38.1 Å². The maximum absolute atomic E-state index is 12.4. The summed E-state index contributed by atoms with van der Waals surface area (Å²) in [5.41, 5.74) is -0.178. The molecule has 0 heterocycles. The molecular weight excluding hydrogens is 278 g/mol. The molecule has 1 aromatic carbocycles. The van der Waals surface area contributed by atoms with E-state index in [4.69, 9.17) is 5.26 Å². The summed E-state index contributed by atoms with van der Waals surface area (Å²) in [5.74, 6) is -0.633. The van der Waals surface area contributed by atoms with Crippen LogP contribution in [-0.2, 0) is 9.59 Å². The number of hydrogen-bond acceptors (Lipinski definition) is 3. The lowest BCUT2D eigenvalue weighted by molar-refractivity contribution is -0.138. The van der Waals surface area contributed by atoms with Crippen LogP contribution in [0.2, 0.25) is 0 Å². The second kappa shape index (κ2) is 6.61. The third kappa shape index (κ3) is 3.64. The zero-order valence-corrected chi connectivity index (χ0v) is 13.0. The Labute approximate surface area is 130 Å². The predicted octanol–water partition coefficient (Wildman–Crippen LogP) is 2.58. The van der Waals surface area contributed by atoms with Gasteiger partial charge >= 0.3 is 0 Å². The first-order valence-corrected chi connectivity index (χ1v) is 7.56. The van der Waals surface area contributed by atoms with Crippen molar-refractivity contribution in [1.82, 2.24) is 5.32 Å². The number of amides is 2. The van der Waals surface area contributed by atoms with Crippen LogP contribution in [-0.4, -0.2) is 17.9 Å². The minimum atomic E-state index is -1.16. The Morgan fingerprint density at radius 3 is 2.55 bits per heavy atom. The molecule has 1 aliphatic rings. The van der Waals surface area contributed by atoms with E-state index >= 15 is 0 Å². The summed E-state index contributed by atoms with van der Waals surface area (Å²) in [5, 5.41) is 14.5. The number of nitrogens with one attached hydrogen (secondary N) is 2. The summed E-state index contributed by atoms with van der Waals surface area (Å²) in [6.07, 6.45) is 4.21. The lowest BCUT2D eigenvalue weighted by Gasteiger charge is -2.25. The van der Waals surface area contributed by atoms with Crippen LogP contribution in [0.5, 0.6) is 0 Å². The Morgan fingerprint density at radius 1 is 1.23 bits per heavy atom. The fourth-order valence-electron chi connectivity index (χ4n) is 2.49. The van der Waals surface area contributed by atoms with Crippen molar-refractivity contribution >= 4 is 17.5 Å². The summed E-state index contributed by atoms with van der Waals surface area (Å²) in [6.45, 7) is 3.22. The fourth-order valence-corrected chi connectivity index (χ4v) is 2.49. The second-order valence-electron chi connectivity index (χ2n) is 6.23. The number of hydrogen-bond donors (Lipinski definition) is 2. The fraction of sp³-hybridized carbons (Fsp3) is 0.471. The summed E-state index contributed by atoms with van der Waals surface area (Å²) >= 11 is 0. The zero-order chi connectivity index (χ0) is 16.2. The molecular formula is C17H21N3O2. The standard InChI is InChI=1S/C17H21N3O2/c1-17(2,15(21)19-13-7-3-4-8-13)16(22)20-14-9-5-6-12(10-14)11-18/h5-6,9-10,13H,3-4,7-8H2,1-2H3,(H,19,21)(H,20,22). The third-order valence-corrected chi connectivity index (χ3v) is 4.08. The summed E-state index contributed by atoms with van der Waals surface area (Å²) in [7, 11) is 0. The molecule has 116 valence electrons. The van der Waals surface area contributed by atoms with Crippen molar-refractivity contribution in [2.24, 2.45) is 5.41 Å². The minimum Gasteiger partial charge on any atom is -0.352 e. The van der Waals surface area contributed by atoms with Gasteiger partial charge in [0.05, 0.1) is 11.6 Å². The van der Waals surface area contributed by atoms with Gasteiger partial charge in [0.15, 0.2) is 0 Å². The van der Waals surface area contributed by atoms with Gasteiger partial charge in [0.2, 0.25) is 11.8 Å². The van der Waals surface area contributed by atoms with Gasteiger partial charge in [-0.25, -0.2) is 0 Å². The predicted molar refractivity (Wildman–Crippen MR) is 84.0 cm³/mol. The van der Waals surface area contributed by atoms with Gasteiger partial charge in [-0.05, 0) is 44.9 Å². The van der Waals surface area contributed by atoms with E-state index in [1.165, 1.54) is 0 Å². The Hall–Kier alpha value is -2.35.